The van der Waals surface area contributed by atoms with E-state index in [9.17, 15) is 13.2 Å². The topological polar surface area (TPSA) is 94.0 Å². The zero-order chi connectivity index (χ0) is 23.4. The molecule has 1 aliphatic carbocycles. The highest BCUT2D eigenvalue weighted by Gasteiger charge is 2.23. The van der Waals surface area contributed by atoms with E-state index in [1.54, 1.807) is 44.3 Å². The molecule has 0 unspecified atom stereocenters. The van der Waals surface area contributed by atoms with Crippen molar-refractivity contribution in [2.75, 3.05) is 0 Å². The van der Waals surface area contributed by atoms with Gasteiger partial charge < -0.3 is 5.32 Å². The number of carbonyl (C=O) groups is 1. The predicted octanol–water partition coefficient (Wildman–Crippen LogP) is 4.10. The number of rotatable bonds is 8. The van der Waals surface area contributed by atoms with Crippen molar-refractivity contribution in [2.45, 2.75) is 68.7 Å². The average molecular weight is 467 g/mol. The van der Waals surface area contributed by atoms with Crippen molar-refractivity contribution in [1.82, 2.24) is 20.1 Å². The van der Waals surface area contributed by atoms with Crippen molar-refractivity contribution in [3.05, 3.63) is 66.0 Å². The number of hydrogen-bond donors (Lipinski definition) is 1. The fourth-order valence-electron chi connectivity index (χ4n) is 4.17. The predicted molar refractivity (Wildman–Crippen MR) is 127 cm³/mol. The van der Waals surface area contributed by atoms with Gasteiger partial charge in [-0.2, -0.15) is 5.10 Å². The molecule has 3 aromatic rings. The van der Waals surface area contributed by atoms with Crippen LogP contribution in [-0.2, 0) is 27.6 Å². The molecule has 1 fully saturated rings. The summed E-state index contributed by atoms with van der Waals surface area (Å²) in [7, 11) is -3.32. The fourth-order valence-corrected chi connectivity index (χ4v) is 5.23. The number of benzene rings is 1. The van der Waals surface area contributed by atoms with Gasteiger partial charge in [-0.05, 0) is 62.6 Å². The Labute approximate surface area is 195 Å². The number of aromatic nitrogens is 3. The Bertz CT molecular complexity index is 1200. The van der Waals surface area contributed by atoms with Crippen molar-refractivity contribution >= 4 is 15.7 Å². The molecule has 0 bridgehead atoms. The van der Waals surface area contributed by atoms with Crippen molar-refractivity contribution in [1.29, 1.82) is 0 Å². The van der Waals surface area contributed by atoms with Gasteiger partial charge in [-0.1, -0.05) is 31.0 Å². The Kier molecular flexibility index (Phi) is 6.93. The summed E-state index contributed by atoms with van der Waals surface area (Å²) in [6.07, 6.45) is 6.58. The third-order valence-corrected chi connectivity index (χ3v) is 8.26. The third-order valence-electron chi connectivity index (χ3n) is 6.09. The van der Waals surface area contributed by atoms with Crippen LogP contribution in [0.3, 0.4) is 0 Å². The molecule has 2 heterocycles. The van der Waals surface area contributed by atoms with Gasteiger partial charge in [-0.3, -0.25) is 14.5 Å². The van der Waals surface area contributed by atoms with Crippen LogP contribution in [-0.4, -0.2) is 34.3 Å². The highest BCUT2D eigenvalue weighted by atomic mass is 32.2. The summed E-state index contributed by atoms with van der Waals surface area (Å²) in [5, 5.41) is 7.26. The minimum atomic E-state index is -3.32. The molecular weight excluding hydrogens is 436 g/mol. The Hall–Kier alpha value is -3.00. The molecule has 0 radical (unpaired) electrons. The monoisotopic (exact) mass is 466 g/mol. The van der Waals surface area contributed by atoms with Crippen LogP contribution >= 0.6 is 0 Å². The van der Waals surface area contributed by atoms with Crippen LogP contribution in [0.5, 0.6) is 0 Å². The van der Waals surface area contributed by atoms with Gasteiger partial charge in [-0.25, -0.2) is 8.42 Å². The van der Waals surface area contributed by atoms with E-state index in [2.05, 4.69) is 15.0 Å². The number of nitrogens with zero attached hydrogens (tertiary/aromatic N) is 3. The largest absolute Gasteiger partial charge is 0.350 e. The Morgan fingerprint density at radius 1 is 1.12 bits per heavy atom. The highest BCUT2D eigenvalue weighted by molar-refractivity contribution is 7.92. The Morgan fingerprint density at radius 2 is 1.85 bits per heavy atom. The van der Waals surface area contributed by atoms with Gasteiger partial charge in [0.25, 0.3) is 0 Å². The van der Waals surface area contributed by atoms with Gasteiger partial charge in [0, 0.05) is 6.20 Å². The van der Waals surface area contributed by atoms with E-state index in [0.717, 1.165) is 35.5 Å². The molecule has 7 nitrogen and oxygen atoms in total. The lowest BCUT2D eigenvalue weighted by atomic mass is 10.1. The van der Waals surface area contributed by atoms with E-state index >= 15 is 0 Å². The third kappa shape index (κ3) is 5.33. The molecule has 8 heteroatoms. The molecule has 174 valence electrons. The smallest absolute Gasteiger partial charge is 0.224 e. The van der Waals surface area contributed by atoms with Gasteiger partial charge in [0.1, 0.15) is 0 Å². The van der Waals surface area contributed by atoms with E-state index in [0.29, 0.717) is 12.6 Å². The molecule has 4 rings (SSSR count). The number of hydrogen-bond acceptors (Lipinski definition) is 5. The summed E-state index contributed by atoms with van der Waals surface area (Å²) < 4.78 is 26.6. The summed E-state index contributed by atoms with van der Waals surface area (Å²) in [4.78, 5) is 17.3. The van der Waals surface area contributed by atoms with Crippen LogP contribution in [0, 0.1) is 0 Å². The maximum atomic E-state index is 12.5. The molecule has 2 aromatic heterocycles. The molecule has 1 aromatic carbocycles. The Morgan fingerprint density at radius 3 is 2.48 bits per heavy atom. The van der Waals surface area contributed by atoms with Crippen LogP contribution in [0.25, 0.3) is 11.4 Å². The molecule has 33 heavy (non-hydrogen) atoms. The van der Waals surface area contributed by atoms with Gasteiger partial charge in [-0.15, -0.1) is 0 Å². The molecule has 1 amide bonds. The minimum Gasteiger partial charge on any atom is -0.350 e. The molecule has 0 aliphatic heterocycles. The van der Waals surface area contributed by atoms with Gasteiger partial charge in [0.2, 0.25) is 5.91 Å². The van der Waals surface area contributed by atoms with Gasteiger partial charge >= 0.3 is 0 Å². The van der Waals surface area contributed by atoms with Gasteiger partial charge in [0.15, 0.2) is 9.84 Å². The lowest BCUT2D eigenvalue weighted by Gasteiger charge is -2.13. The van der Waals surface area contributed by atoms with Crippen molar-refractivity contribution in [3.63, 3.8) is 0 Å². The molecular formula is C25H30N4O3S. The second-order valence-corrected chi connectivity index (χ2v) is 11.3. The van der Waals surface area contributed by atoms with Crippen LogP contribution in [0.1, 0.15) is 56.8 Å². The first-order chi connectivity index (χ1) is 15.8. The van der Waals surface area contributed by atoms with E-state index in [1.807, 2.05) is 24.3 Å². The summed E-state index contributed by atoms with van der Waals surface area (Å²) in [5.41, 5.74) is 3.43. The maximum absolute atomic E-state index is 12.5. The van der Waals surface area contributed by atoms with Crippen molar-refractivity contribution < 1.29 is 13.2 Å². The second-order valence-electron chi connectivity index (χ2n) is 8.81. The molecule has 0 saturated heterocycles. The van der Waals surface area contributed by atoms with E-state index in [1.165, 1.54) is 12.8 Å². The fraction of sp³-hybridized carbons (Fsp3) is 0.400. The van der Waals surface area contributed by atoms with Crippen LogP contribution < -0.4 is 5.32 Å². The zero-order valence-corrected chi connectivity index (χ0v) is 19.9. The number of sulfone groups is 1. The number of carbonyl (C=O) groups excluding carboxylic acids is 1. The molecule has 0 spiro atoms. The van der Waals surface area contributed by atoms with Crippen LogP contribution in [0.15, 0.2) is 59.6 Å². The maximum Gasteiger partial charge on any atom is 0.224 e. The van der Waals surface area contributed by atoms with E-state index in [-0.39, 0.29) is 17.2 Å². The zero-order valence-electron chi connectivity index (χ0n) is 19.1. The van der Waals surface area contributed by atoms with E-state index in [4.69, 9.17) is 5.10 Å². The quantitative estimate of drug-likeness (QED) is 0.539. The first kappa shape index (κ1) is 23.2. The van der Waals surface area contributed by atoms with Crippen LogP contribution in [0.4, 0.5) is 0 Å². The highest BCUT2D eigenvalue weighted by Crippen LogP contribution is 2.33. The van der Waals surface area contributed by atoms with Crippen LogP contribution in [0.2, 0.25) is 0 Å². The summed E-state index contributed by atoms with van der Waals surface area (Å²) >= 11 is 0. The van der Waals surface area contributed by atoms with Gasteiger partial charge in [0.05, 0.1) is 46.2 Å². The Balaban J connectivity index is 1.42. The first-order valence-corrected chi connectivity index (χ1v) is 13.0. The summed E-state index contributed by atoms with van der Waals surface area (Å²) in [6, 6.07) is 14.7. The second kappa shape index (κ2) is 9.87. The lowest BCUT2D eigenvalue weighted by molar-refractivity contribution is -0.120. The summed E-state index contributed by atoms with van der Waals surface area (Å²) in [6.45, 7) is 3.65. The number of amides is 1. The van der Waals surface area contributed by atoms with E-state index < -0.39 is 15.1 Å². The summed E-state index contributed by atoms with van der Waals surface area (Å²) in [5.74, 6) is -0.135. The average Bonchev–Trinajstić information content (AvgIpc) is 3.48. The SMILES string of the molecule is CC(C)S(=O)(=O)c1ccc(CC(=O)NCc2cc(-c3ccccn3)n(C3CCCC3)n2)cc1. The van der Waals surface area contributed by atoms with Crippen molar-refractivity contribution in [3.8, 4) is 11.4 Å². The number of pyridine rings is 1. The van der Waals surface area contributed by atoms with Crippen molar-refractivity contribution in [2.24, 2.45) is 0 Å². The minimum absolute atomic E-state index is 0.135. The molecule has 1 aliphatic rings. The normalized spacial score (nSPS) is 14.6. The molecule has 0 atom stereocenters. The number of nitrogens with one attached hydrogen (secondary N) is 1. The standard InChI is InChI=1S/C25H30N4O3S/c1-18(2)33(31,32)22-12-10-19(11-13-22)15-25(30)27-17-20-16-24(23-9-5-6-14-26-23)29(28-20)21-7-3-4-8-21/h5-6,9-14,16,18,21H,3-4,7-8,15,17H2,1-2H3,(H,27,30). The molecule has 1 saturated carbocycles. The first-order valence-electron chi connectivity index (χ1n) is 11.4. The molecule has 1 N–H and O–H groups in total. The lowest BCUT2D eigenvalue weighted by Crippen LogP contribution is -2.25.